The predicted octanol–water partition coefficient (Wildman–Crippen LogP) is 4.16. The zero-order chi connectivity index (χ0) is 23.7. The van der Waals surface area contributed by atoms with E-state index in [0.29, 0.717) is 24.4 Å². The Morgan fingerprint density at radius 2 is 1.56 bits per heavy atom. The molecule has 0 saturated carbocycles. The van der Waals surface area contributed by atoms with Crippen LogP contribution in [0.5, 0.6) is 5.75 Å². The van der Waals surface area contributed by atoms with Crippen molar-refractivity contribution in [3.8, 4) is 5.75 Å². The number of amides is 1. The molecule has 0 atom stereocenters. The van der Waals surface area contributed by atoms with Gasteiger partial charge in [0.15, 0.2) is 0 Å². The van der Waals surface area contributed by atoms with E-state index in [-0.39, 0.29) is 5.91 Å². The number of piperidine rings is 2. The molecule has 7 nitrogen and oxygen atoms in total. The smallest absolute Gasteiger partial charge is 0.257 e. The highest BCUT2D eigenvalue weighted by atomic mass is 16.5. The van der Waals surface area contributed by atoms with Crippen molar-refractivity contribution in [2.24, 2.45) is 11.8 Å². The van der Waals surface area contributed by atoms with Crippen LogP contribution >= 0.6 is 0 Å². The highest BCUT2D eigenvalue weighted by molar-refractivity contribution is 5.97. The maximum absolute atomic E-state index is 13.4. The molecule has 0 bridgehead atoms. The van der Waals surface area contributed by atoms with E-state index in [2.05, 4.69) is 23.6 Å². The fourth-order valence-electron chi connectivity index (χ4n) is 5.38. The summed E-state index contributed by atoms with van der Waals surface area (Å²) in [7, 11) is 1.61. The van der Waals surface area contributed by atoms with E-state index in [1.54, 1.807) is 7.11 Å². The lowest BCUT2D eigenvalue weighted by atomic mass is 9.97. The van der Waals surface area contributed by atoms with Gasteiger partial charge in [0.05, 0.1) is 24.9 Å². The minimum Gasteiger partial charge on any atom is -0.496 e. The lowest BCUT2D eigenvalue weighted by Crippen LogP contribution is -2.41. The average Bonchev–Trinajstić information content (AvgIpc) is 2.88. The van der Waals surface area contributed by atoms with Gasteiger partial charge in [-0.25, -0.2) is 4.98 Å². The number of aromatic nitrogens is 2. The maximum atomic E-state index is 13.4. The fraction of sp³-hybridized carbons (Fsp3) is 0.593. The van der Waals surface area contributed by atoms with Crippen molar-refractivity contribution in [3.63, 3.8) is 0 Å². The lowest BCUT2D eigenvalue weighted by molar-refractivity contribution is 0.0730. The van der Waals surface area contributed by atoms with Gasteiger partial charge in [-0.3, -0.25) is 4.79 Å². The molecule has 1 amide bonds. The van der Waals surface area contributed by atoms with Gasteiger partial charge in [-0.15, -0.1) is 0 Å². The second-order valence-corrected chi connectivity index (χ2v) is 10.3. The molecule has 7 heteroatoms. The Bertz CT molecular complexity index is 1030. The van der Waals surface area contributed by atoms with Crippen LogP contribution in [-0.2, 0) is 13.0 Å². The SMILES string of the molecule is COc1ccccc1C(=O)N1CCc2nc(N3CCC(C)CC3)nc(N3CCC(C)CC3)c2C1. The number of nitrogens with zero attached hydrogens (tertiary/aromatic N) is 5. The van der Waals surface area contributed by atoms with Gasteiger partial charge in [0.1, 0.15) is 11.6 Å². The zero-order valence-corrected chi connectivity index (χ0v) is 20.8. The van der Waals surface area contributed by atoms with E-state index in [4.69, 9.17) is 14.7 Å². The molecule has 34 heavy (non-hydrogen) atoms. The summed E-state index contributed by atoms with van der Waals surface area (Å²) in [5, 5.41) is 0. The standard InChI is InChI=1S/C27H37N5O2/c1-19-8-13-30(14-9-19)25-22-18-32(26(33)21-6-4-5-7-24(21)34-3)17-12-23(22)28-27(29-25)31-15-10-20(2)11-16-31/h4-7,19-20H,8-18H2,1-3H3. The number of hydrogen-bond acceptors (Lipinski definition) is 6. The van der Waals surface area contributed by atoms with Gasteiger partial charge in [0.2, 0.25) is 5.95 Å². The molecule has 3 aliphatic heterocycles. The summed E-state index contributed by atoms with van der Waals surface area (Å²) in [5.41, 5.74) is 2.85. The number of carbonyl (C=O) groups is 1. The maximum Gasteiger partial charge on any atom is 0.257 e. The molecular weight excluding hydrogens is 426 g/mol. The van der Waals surface area contributed by atoms with Crippen LogP contribution in [-0.4, -0.2) is 60.6 Å². The first-order chi connectivity index (χ1) is 16.5. The minimum atomic E-state index is 0.00964. The Kier molecular flexibility index (Phi) is 6.61. The van der Waals surface area contributed by atoms with Gasteiger partial charge in [-0.1, -0.05) is 26.0 Å². The molecule has 2 saturated heterocycles. The van der Waals surface area contributed by atoms with Crippen LogP contribution in [0.15, 0.2) is 24.3 Å². The normalized spacial score (nSPS) is 19.8. The van der Waals surface area contributed by atoms with Crippen molar-refractivity contribution in [2.45, 2.75) is 52.5 Å². The molecule has 1 aromatic heterocycles. The Hall–Kier alpha value is -2.83. The Morgan fingerprint density at radius 1 is 0.912 bits per heavy atom. The number of rotatable bonds is 4. The highest BCUT2D eigenvalue weighted by Crippen LogP contribution is 2.33. The van der Waals surface area contributed by atoms with Gasteiger partial charge >= 0.3 is 0 Å². The van der Waals surface area contributed by atoms with Gasteiger partial charge in [-0.05, 0) is 49.7 Å². The first-order valence-corrected chi connectivity index (χ1v) is 12.9. The summed E-state index contributed by atoms with van der Waals surface area (Å²) in [4.78, 5) is 30.4. The van der Waals surface area contributed by atoms with Crippen LogP contribution in [0.3, 0.4) is 0 Å². The molecule has 0 spiro atoms. The summed E-state index contributed by atoms with van der Waals surface area (Å²) in [6.45, 7) is 9.95. The number of benzene rings is 1. The van der Waals surface area contributed by atoms with Crippen LogP contribution in [0.25, 0.3) is 0 Å². The molecule has 2 aromatic rings. The van der Waals surface area contributed by atoms with Gasteiger partial charge < -0.3 is 19.4 Å². The van der Waals surface area contributed by atoms with Crippen LogP contribution in [0, 0.1) is 11.8 Å². The van der Waals surface area contributed by atoms with Gasteiger partial charge in [0.25, 0.3) is 5.91 Å². The minimum absolute atomic E-state index is 0.00964. The number of ether oxygens (including phenoxy) is 1. The van der Waals surface area contributed by atoms with Crippen molar-refractivity contribution in [1.29, 1.82) is 0 Å². The Labute approximate surface area is 203 Å². The Morgan fingerprint density at radius 3 is 2.24 bits per heavy atom. The van der Waals surface area contributed by atoms with Crippen molar-refractivity contribution in [2.75, 3.05) is 49.6 Å². The first-order valence-electron chi connectivity index (χ1n) is 12.9. The van der Waals surface area contributed by atoms with Crippen molar-refractivity contribution < 1.29 is 9.53 Å². The second-order valence-electron chi connectivity index (χ2n) is 10.3. The van der Waals surface area contributed by atoms with E-state index in [1.807, 2.05) is 29.2 Å². The third-order valence-electron chi connectivity index (χ3n) is 7.80. The molecule has 0 unspecified atom stereocenters. The zero-order valence-electron chi connectivity index (χ0n) is 20.8. The summed E-state index contributed by atoms with van der Waals surface area (Å²) in [6, 6.07) is 7.48. The number of fused-ring (bicyclic) bond motifs is 1. The summed E-state index contributed by atoms with van der Waals surface area (Å²) in [5.74, 6) is 4.07. The molecule has 0 radical (unpaired) electrons. The molecule has 5 rings (SSSR count). The summed E-state index contributed by atoms with van der Waals surface area (Å²) < 4.78 is 5.46. The van der Waals surface area contributed by atoms with Crippen molar-refractivity contribution >= 4 is 17.7 Å². The highest BCUT2D eigenvalue weighted by Gasteiger charge is 2.31. The van der Waals surface area contributed by atoms with Crippen molar-refractivity contribution in [1.82, 2.24) is 14.9 Å². The van der Waals surface area contributed by atoms with E-state index >= 15 is 0 Å². The first kappa shape index (κ1) is 22.9. The second kappa shape index (κ2) is 9.80. The van der Waals surface area contributed by atoms with Crippen LogP contribution in [0.1, 0.15) is 61.1 Å². The van der Waals surface area contributed by atoms with Crippen LogP contribution < -0.4 is 14.5 Å². The number of anilines is 2. The van der Waals surface area contributed by atoms with E-state index in [1.165, 1.54) is 25.7 Å². The number of methoxy groups -OCH3 is 1. The predicted molar refractivity (Wildman–Crippen MR) is 135 cm³/mol. The van der Waals surface area contributed by atoms with E-state index in [9.17, 15) is 4.79 Å². The summed E-state index contributed by atoms with van der Waals surface area (Å²) in [6.07, 6.45) is 5.50. The number of para-hydroxylation sites is 1. The van der Waals surface area contributed by atoms with E-state index < -0.39 is 0 Å². The van der Waals surface area contributed by atoms with Crippen LogP contribution in [0.2, 0.25) is 0 Å². The van der Waals surface area contributed by atoms with Crippen molar-refractivity contribution in [3.05, 3.63) is 41.1 Å². The van der Waals surface area contributed by atoms with Gasteiger partial charge in [-0.2, -0.15) is 4.98 Å². The monoisotopic (exact) mass is 463 g/mol. The molecule has 0 aliphatic carbocycles. The third kappa shape index (κ3) is 4.57. The molecule has 0 N–H and O–H groups in total. The quantitative estimate of drug-likeness (QED) is 0.679. The Balaban J connectivity index is 1.46. The number of hydrogen-bond donors (Lipinski definition) is 0. The topological polar surface area (TPSA) is 61.8 Å². The molecule has 2 fully saturated rings. The molecule has 3 aliphatic rings. The average molecular weight is 464 g/mol. The van der Waals surface area contributed by atoms with Crippen LogP contribution in [0.4, 0.5) is 11.8 Å². The number of carbonyl (C=O) groups excluding carboxylic acids is 1. The fourth-order valence-corrected chi connectivity index (χ4v) is 5.38. The molecule has 1 aromatic carbocycles. The third-order valence-corrected chi connectivity index (χ3v) is 7.80. The van der Waals surface area contributed by atoms with Gasteiger partial charge in [0, 0.05) is 44.7 Å². The summed E-state index contributed by atoms with van der Waals surface area (Å²) >= 11 is 0. The molecule has 4 heterocycles. The lowest BCUT2D eigenvalue weighted by Gasteiger charge is -2.37. The molecule has 182 valence electrons. The van der Waals surface area contributed by atoms with E-state index in [0.717, 1.165) is 67.5 Å². The molecular formula is C27H37N5O2. The largest absolute Gasteiger partial charge is 0.496 e.